The van der Waals surface area contributed by atoms with E-state index in [1.807, 2.05) is 42.9 Å². The molecule has 0 nitrogen and oxygen atoms in total. The quantitative estimate of drug-likeness (QED) is 0.539. The summed E-state index contributed by atoms with van der Waals surface area (Å²) in [6.07, 6.45) is 0. The largest absolute Gasteiger partial charge is 0.278 e. The Morgan fingerprint density at radius 3 is 2.13 bits per heavy atom. The van der Waals surface area contributed by atoms with Crippen molar-refractivity contribution in [3.05, 3.63) is 41.4 Å². The van der Waals surface area contributed by atoms with Crippen molar-refractivity contribution in [2.75, 3.05) is 0 Å². The summed E-state index contributed by atoms with van der Waals surface area (Å²) in [5, 5.41) is 3.83. The van der Waals surface area contributed by atoms with Crippen LogP contribution in [0.1, 0.15) is 0 Å². The van der Waals surface area contributed by atoms with Gasteiger partial charge < -0.3 is 0 Å². The molecule has 0 bridgehead atoms. The van der Waals surface area contributed by atoms with Crippen molar-refractivity contribution in [3.8, 4) is 0 Å². The summed E-state index contributed by atoms with van der Waals surface area (Å²) in [4.78, 5) is 0. The molecule has 2 aromatic carbocycles. The Bertz CT molecular complexity index is 503. The second kappa shape index (κ2) is 3.98. The Balaban J connectivity index is 2.84. The highest BCUT2D eigenvalue weighted by Gasteiger charge is 2.26. The van der Waals surface area contributed by atoms with E-state index in [1.165, 1.54) is 0 Å². The molecule has 0 aliphatic heterocycles. The van der Waals surface area contributed by atoms with Gasteiger partial charge >= 0.3 is 0 Å². The monoisotopic (exact) mass is 274 g/mol. The minimum Gasteiger partial charge on any atom is -0.140 e. The zero-order chi connectivity index (χ0) is 11.1. The molecule has 0 saturated carbocycles. The second-order valence-corrected chi connectivity index (χ2v) is 11.4. The maximum atomic E-state index is 6.25. The van der Waals surface area contributed by atoms with Gasteiger partial charge in [-0.3, -0.25) is 0 Å². The maximum absolute atomic E-state index is 6.25. The number of benzene rings is 2. The van der Waals surface area contributed by atoms with E-state index in [4.69, 9.17) is 33.8 Å². The summed E-state index contributed by atoms with van der Waals surface area (Å²) in [6, 6.07) is 11.7. The smallest absolute Gasteiger partial charge is 0.140 e. The fourth-order valence-corrected chi connectivity index (χ4v) is 3.93. The van der Waals surface area contributed by atoms with Gasteiger partial charge in [0, 0.05) is 10.4 Å². The van der Waals surface area contributed by atoms with Gasteiger partial charge in [0.2, 0.25) is 0 Å². The number of halogens is 3. The normalized spacial score (nSPS) is 12.0. The Labute approximate surface area is 104 Å². The second-order valence-electron chi connectivity index (χ2n) is 3.53. The number of rotatable bonds is 1. The summed E-state index contributed by atoms with van der Waals surface area (Å²) in [5.74, 6) is 0. The molecule has 0 aliphatic rings. The Morgan fingerprint density at radius 2 is 1.53 bits per heavy atom. The Kier molecular flexibility index (Phi) is 3.00. The molecule has 0 N–H and O–H groups in total. The topological polar surface area (TPSA) is 0 Å². The van der Waals surface area contributed by atoms with Gasteiger partial charge in [-0.25, -0.2) is 0 Å². The van der Waals surface area contributed by atoms with E-state index in [0.29, 0.717) is 0 Å². The fraction of sp³-hybridized carbons (Fsp3) is 0.0909. The van der Waals surface area contributed by atoms with E-state index in [2.05, 4.69) is 0 Å². The highest BCUT2D eigenvalue weighted by atomic mass is 35.7. The van der Waals surface area contributed by atoms with Crippen molar-refractivity contribution >= 4 is 56.4 Å². The molecule has 2 rings (SSSR count). The average Bonchev–Trinajstić information content (AvgIpc) is 2.17. The minimum absolute atomic E-state index is 0.737. The van der Waals surface area contributed by atoms with Crippen LogP contribution in [0.15, 0.2) is 36.4 Å². The first-order valence-corrected chi connectivity index (χ1v) is 9.46. The lowest BCUT2D eigenvalue weighted by Crippen LogP contribution is -2.33. The summed E-state index contributed by atoms with van der Waals surface area (Å²) >= 11 is 18.6. The minimum atomic E-state index is -2.33. The van der Waals surface area contributed by atoms with Gasteiger partial charge in [0.15, 0.2) is 0 Å². The predicted octanol–water partition coefficient (Wildman–Crippen LogP) is 4.25. The van der Waals surface area contributed by atoms with Gasteiger partial charge in [-0.15, -0.1) is 22.2 Å². The molecule has 0 aliphatic carbocycles. The Morgan fingerprint density at radius 1 is 0.933 bits per heavy atom. The third-order valence-corrected chi connectivity index (χ3v) is 5.28. The molecule has 4 heteroatoms. The molecule has 0 spiro atoms. The van der Waals surface area contributed by atoms with Crippen molar-refractivity contribution in [2.45, 2.75) is 6.55 Å². The summed E-state index contributed by atoms with van der Waals surface area (Å²) < 4.78 is 0. The molecule has 0 radical (unpaired) electrons. The molecule has 0 saturated heterocycles. The van der Waals surface area contributed by atoms with Crippen LogP contribution in [0.3, 0.4) is 0 Å². The van der Waals surface area contributed by atoms with E-state index >= 15 is 0 Å². The van der Waals surface area contributed by atoms with Crippen molar-refractivity contribution in [3.63, 3.8) is 0 Å². The lowest BCUT2D eigenvalue weighted by Gasteiger charge is -2.14. The third kappa shape index (κ3) is 2.16. The highest BCUT2D eigenvalue weighted by molar-refractivity contribution is 7.50. The van der Waals surface area contributed by atoms with Gasteiger partial charge in [0.1, 0.15) is 0 Å². The van der Waals surface area contributed by atoms with Crippen molar-refractivity contribution < 1.29 is 0 Å². The molecule has 0 atom stereocenters. The molecule has 2 aromatic rings. The molecule has 15 heavy (non-hydrogen) atoms. The Hall–Kier alpha value is -0.213. The van der Waals surface area contributed by atoms with Gasteiger partial charge in [-0.1, -0.05) is 41.9 Å². The standard InChI is InChI=1S/C11H9Cl3Si/c1-15(13,14)11-7-6-10(12)8-4-2-3-5-9(8)11/h2-7H,1H3. The fourth-order valence-electron chi connectivity index (χ4n) is 1.65. The van der Waals surface area contributed by atoms with Crippen molar-refractivity contribution in [1.29, 1.82) is 0 Å². The molecule has 0 heterocycles. The lowest BCUT2D eigenvalue weighted by molar-refractivity contribution is 1.77. The first-order chi connectivity index (χ1) is 7.00. The van der Waals surface area contributed by atoms with Gasteiger partial charge in [0.25, 0.3) is 6.69 Å². The summed E-state index contributed by atoms with van der Waals surface area (Å²) in [6.45, 7) is -0.440. The molecule has 0 amide bonds. The molecule has 0 fully saturated rings. The van der Waals surface area contributed by atoms with Crippen LogP contribution in [-0.2, 0) is 0 Å². The van der Waals surface area contributed by atoms with Gasteiger partial charge in [-0.05, 0) is 23.2 Å². The zero-order valence-electron chi connectivity index (χ0n) is 8.10. The van der Waals surface area contributed by atoms with Crippen LogP contribution < -0.4 is 5.19 Å². The molecular formula is C11H9Cl3Si. The molecule has 0 unspecified atom stereocenters. The number of hydrogen-bond donors (Lipinski definition) is 0. The first kappa shape index (κ1) is 11.3. The van der Waals surface area contributed by atoms with Gasteiger partial charge in [-0.2, -0.15) is 0 Å². The molecule has 0 aromatic heterocycles. The third-order valence-electron chi connectivity index (χ3n) is 2.34. The van der Waals surface area contributed by atoms with Crippen molar-refractivity contribution in [2.24, 2.45) is 0 Å². The summed E-state index contributed by atoms with van der Waals surface area (Å²) in [5.41, 5.74) is 0. The highest BCUT2D eigenvalue weighted by Crippen LogP contribution is 2.26. The predicted molar refractivity (Wildman–Crippen MR) is 71.9 cm³/mol. The number of fused-ring (bicyclic) bond motifs is 1. The molecule has 78 valence electrons. The van der Waals surface area contributed by atoms with Crippen LogP contribution in [0.2, 0.25) is 11.6 Å². The van der Waals surface area contributed by atoms with Crippen LogP contribution in [-0.4, -0.2) is 6.69 Å². The molecular weight excluding hydrogens is 267 g/mol. The number of hydrogen-bond acceptors (Lipinski definition) is 0. The summed E-state index contributed by atoms with van der Waals surface area (Å²) in [7, 11) is 0. The first-order valence-electron chi connectivity index (χ1n) is 4.55. The SMILES string of the molecule is C[Si](Cl)(Cl)c1ccc(Cl)c2ccccc12. The lowest BCUT2D eigenvalue weighted by atomic mass is 10.1. The zero-order valence-corrected chi connectivity index (χ0v) is 11.4. The van der Waals surface area contributed by atoms with E-state index < -0.39 is 6.69 Å². The van der Waals surface area contributed by atoms with E-state index in [0.717, 1.165) is 21.0 Å². The van der Waals surface area contributed by atoms with Crippen LogP contribution in [0.4, 0.5) is 0 Å². The van der Waals surface area contributed by atoms with Crippen LogP contribution >= 0.6 is 33.8 Å². The van der Waals surface area contributed by atoms with Crippen molar-refractivity contribution in [1.82, 2.24) is 0 Å². The van der Waals surface area contributed by atoms with Crippen LogP contribution in [0, 0.1) is 0 Å². The van der Waals surface area contributed by atoms with E-state index in [9.17, 15) is 0 Å². The average molecular weight is 276 g/mol. The maximum Gasteiger partial charge on any atom is 0.278 e. The van der Waals surface area contributed by atoms with E-state index in [1.54, 1.807) is 0 Å². The van der Waals surface area contributed by atoms with Crippen LogP contribution in [0.5, 0.6) is 0 Å². The van der Waals surface area contributed by atoms with E-state index in [-0.39, 0.29) is 0 Å². The van der Waals surface area contributed by atoms with Gasteiger partial charge in [0.05, 0.1) is 0 Å². The van der Waals surface area contributed by atoms with Crippen LogP contribution in [0.25, 0.3) is 10.8 Å².